The van der Waals surface area contributed by atoms with E-state index in [1.165, 1.54) is 13.3 Å². The Morgan fingerprint density at radius 1 is 1.13 bits per heavy atom. The molecule has 8 heteroatoms. The zero-order valence-corrected chi connectivity index (χ0v) is 16.9. The number of nitrogens with one attached hydrogen (secondary N) is 2. The summed E-state index contributed by atoms with van der Waals surface area (Å²) in [7, 11) is 1.33. The lowest BCUT2D eigenvalue weighted by molar-refractivity contribution is 0.0600. The van der Waals surface area contributed by atoms with Crippen molar-refractivity contribution in [2.24, 2.45) is 5.10 Å². The van der Waals surface area contributed by atoms with E-state index in [0.29, 0.717) is 29.1 Å². The Balaban J connectivity index is 1.66. The SMILES string of the molecule is CCOc1ccc(-c2n[nH]c(C(=O)NN=Cc3ccc(C(=O)OC)cc3)c2C)cc1. The highest BCUT2D eigenvalue weighted by Crippen LogP contribution is 2.25. The molecular formula is C22H22N4O4. The van der Waals surface area contributed by atoms with Crippen molar-refractivity contribution >= 4 is 18.1 Å². The Bertz CT molecular complexity index is 1050. The van der Waals surface area contributed by atoms with E-state index in [1.54, 1.807) is 24.3 Å². The number of hydrogen-bond donors (Lipinski definition) is 2. The van der Waals surface area contributed by atoms with Gasteiger partial charge in [-0.15, -0.1) is 0 Å². The van der Waals surface area contributed by atoms with E-state index in [1.807, 2.05) is 38.1 Å². The number of rotatable bonds is 7. The van der Waals surface area contributed by atoms with Crippen LogP contribution in [0.1, 0.15) is 38.9 Å². The van der Waals surface area contributed by atoms with Crippen LogP contribution in [-0.4, -0.2) is 42.0 Å². The normalized spacial score (nSPS) is 10.8. The van der Waals surface area contributed by atoms with Gasteiger partial charge >= 0.3 is 5.97 Å². The predicted molar refractivity (Wildman–Crippen MR) is 113 cm³/mol. The van der Waals surface area contributed by atoms with Gasteiger partial charge in [-0.05, 0) is 55.8 Å². The summed E-state index contributed by atoms with van der Waals surface area (Å²) in [5.74, 6) is -0.0363. The average Bonchev–Trinajstić information content (AvgIpc) is 3.16. The molecule has 2 aromatic carbocycles. The largest absolute Gasteiger partial charge is 0.494 e. The van der Waals surface area contributed by atoms with Crippen LogP contribution >= 0.6 is 0 Å². The first kappa shape index (κ1) is 20.8. The standard InChI is InChI=1S/C22H22N4O4/c1-4-30-18-11-9-16(10-12-18)19-14(2)20(25-24-19)21(27)26-23-13-15-5-7-17(8-6-15)22(28)29-3/h5-13H,4H2,1-3H3,(H,24,25)(H,26,27). The van der Waals surface area contributed by atoms with Crippen molar-refractivity contribution < 1.29 is 19.1 Å². The van der Waals surface area contributed by atoms with Crippen molar-refractivity contribution in [3.8, 4) is 17.0 Å². The molecule has 0 bridgehead atoms. The van der Waals surface area contributed by atoms with Gasteiger partial charge < -0.3 is 9.47 Å². The second-order valence-corrected chi connectivity index (χ2v) is 6.34. The van der Waals surface area contributed by atoms with Gasteiger partial charge in [0.25, 0.3) is 5.91 Å². The Morgan fingerprint density at radius 3 is 2.47 bits per heavy atom. The summed E-state index contributed by atoms with van der Waals surface area (Å²) in [6, 6.07) is 14.2. The van der Waals surface area contributed by atoms with Crippen molar-refractivity contribution in [3.05, 3.63) is 70.9 Å². The molecule has 0 aliphatic rings. The van der Waals surface area contributed by atoms with E-state index in [9.17, 15) is 9.59 Å². The van der Waals surface area contributed by atoms with Gasteiger partial charge in [-0.25, -0.2) is 10.2 Å². The van der Waals surface area contributed by atoms with E-state index in [-0.39, 0.29) is 0 Å². The molecule has 30 heavy (non-hydrogen) atoms. The van der Waals surface area contributed by atoms with E-state index < -0.39 is 11.9 Å². The molecule has 1 heterocycles. The van der Waals surface area contributed by atoms with E-state index in [2.05, 4.69) is 25.5 Å². The van der Waals surface area contributed by atoms with Crippen LogP contribution in [0.2, 0.25) is 0 Å². The van der Waals surface area contributed by atoms with Gasteiger partial charge in [0.2, 0.25) is 0 Å². The van der Waals surface area contributed by atoms with Crippen LogP contribution in [0.15, 0.2) is 53.6 Å². The minimum atomic E-state index is -0.412. The molecule has 0 saturated carbocycles. The summed E-state index contributed by atoms with van der Waals surface area (Å²) < 4.78 is 10.1. The first-order valence-electron chi connectivity index (χ1n) is 9.33. The third kappa shape index (κ3) is 4.72. The molecule has 0 unspecified atom stereocenters. The van der Waals surface area contributed by atoms with Crippen molar-refractivity contribution in [2.75, 3.05) is 13.7 Å². The molecule has 3 aromatic rings. The van der Waals surface area contributed by atoms with E-state index in [0.717, 1.165) is 16.9 Å². The van der Waals surface area contributed by atoms with Crippen LogP contribution in [0.5, 0.6) is 5.75 Å². The fourth-order valence-electron chi connectivity index (χ4n) is 2.82. The van der Waals surface area contributed by atoms with Crippen LogP contribution in [0.4, 0.5) is 0 Å². The number of amides is 1. The summed E-state index contributed by atoms with van der Waals surface area (Å²) in [6.07, 6.45) is 1.48. The molecule has 0 aliphatic carbocycles. The maximum atomic E-state index is 12.4. The fraction of sp³-hybridized carbons (Fsp3) is 0.182. The number of methoxy groups -OCH3 is 1. The molecule has 3 rings (SSSR count). The molecule has 8 nitrogen and oxygen atoms in total. The molecule has 2 N–H and O–H groups in total. The molecule has 154 valence electrons. The number of carbonyl (C=O) groups excluding carboxylic acids is 2. The lowest BCUT2D eigenvalue weighted by Crippen LogP contribution is -2.19. The maximum Gasteiger partial charge on any atom is 0.337 e. The first-order valence-corrected chi connectivity index (χ1v) is 9.33. The molecule has 0 aliphatic heterocycles. The lowest BCUT2D eigenvalue weighted by atomic mass is 10.1. The molecule has 0 atom stereocenters. The fourth-order valence-corrected chi connectivity index (χ4v) is 2.82. The summed E-state index contributed by atoms with van der Waals surface area (Å²) >= 11 is 0. The second-order valence-electron chi connectivity index (χ2n) is 6.34. The number of hydrogen-bond acceptors (Lipinski definition) is 6. The highest BCUT2D eigenvalue weighted by molar-refractivity contribution is 5.96. The Hall–Kier alpha value is -3.94. The van der Waals surface area contributed by atoms with Gasteiger partial charge in [0.05, 0.1) is 31.2 Å². The van der Waals surface area contributed by atoms with Crippen LogP contribution in [0.3, 0.4) is 0 Å². The van der Waals surface area contributed by atoms with Gasteiger partial charge in [0.15, 0.2) is 0 Å². The number of aromatic nitrogens is 2. The van der Waals surface area contributed by atoms with Crippen molar-refractivity contribution in [2.45, 2.75) is 13.8 Å². The van der Waals surface area contributed by atoms with Crippen molar-refractivity contribution in [1.82, 2.24) is 15.6 Å². The van der Waals surface area contributed by atoms with Crippen LogP contribution < -0.4 is 10.2 Å². The summed E-state index contributed by atoms with van der Waals surface area (Å²) in [4.78, 5) is 23.9. The molecule has 1 amide bonds. The molecule has 0 spiro atoms. The lowest BCUT2D eigenvalue weighted by Gasteiger charge is -2.04. The third-order valence-electron chi connectivity index (χ3n) is 4.39. The van der Waals surface area contributed by atoms with Gasteiger partial charge in [0.1, 0.15) is 11.4 Å². The number of carbonyl (C=O) groups is 2. The highest BCUT2D eigenvalue weighted by Gasteiger charge is 2.16. The molecule has 0 fully saturated rings. The van der Waals surface area contributed by atoms with Crippen molar-refractivity contribution in [1.29, 1.82) is 0 Å². The molecule has 0 radical (unpaired) electrons. The number of benzene rings is 2. The number of aromatic amines is 1. The summed E-state index contributed by atoms with van der Waals surface area (Å²) in [5, 5.41) is 11.0. The third-order valence-corrected chi connectivity index (χ3v) is 4.39. The second kappa shape index (κ2) is 9.51. The van der Waals surface area contributed by atoms with E-state index in [4.69, 9.17) is 4.74 Å². The minimum Gasteiger partial charge on any atom is -0.494 e. The molecular weight excluding hydrogens is 384 g/mol. The molecule has 0 saturated heterocycles. The monoisotopic (exact) mass is 406 g/mol. The van der Waals surface area contributed by atoms with Crippen LogP contribution in [0, 0.1) is 6.92 Å². The number of H-pyrrole nitrogens is 1. The first-order chi connectivity index (χ1) is 14.5. The molecule has 1 aromatic heterocycles. The minimum absolute atomic E-state index is 0.331. The number of ether oxygens (including phenoxy) is 2. The zero-order valence-electron chi connectivity index (χ0n) is 16.9. The van der Waals surface area contributed by atoms with Gasteiger partial charge in [-0.2, -0.15) is 10.2 Å². The highest BCUT2D eigenvalue weighted by atomic mass is 16.5. The Kier molecular flexibility index (Phi) is 6.59. The maximum absolute atomic E-state index is 12.4. The topological polar surface area (TPSA) is 106 Å². The van der Waals surface area contributed by atoms with Crippen LogP contribution in [-0.2, 0) is 4.74 Å². The van der Waals surface area contributed by atoms with E-state index >= 15 is 0 Å². The average molecular weight is 406 g/mol. The number of esters is 1. The van der Waals surface area contributed by atoms with Crippen molar-refractivity contribution in [3.63, 3.8) is 0 Å². The predicted octanol–water partition coefficient (Wildman–Crippen LogP) is 3.33. The Morgan fingerprint density at radius 2 is 1.83 bits per heavy atom. The summed E-state index contributed by atoms with van der Waals surface area (Å²) in [6.45, 7) is 4.34. The quantitative estimate of drug-likeness (QED) is 0.356. The number of hydrazone groups is 1. The Labute approximate surface area is 173 Å². The van der Waals surface area contributed by atoms with Gasteiger partial charge in [-0.3, -0.25) is 9.89 Å². The van der Waals surface area contributed by atoms with Gasteiger partial charge in [0, 0.05) is 11.1 Å². The van der Waals surface area contributed by atoms with Gasteiger partial charge in [-0.1, -0.05) is 12.1 Å². The smallest absolute Gasteiger partial charge is 0.337 e. The number of nitrogens with zero attached hydrogens (tertiary/aromatic N) is 2. The zero-order chi connectivity index (χ0) is 21.5. The van der Waals surface area contributed by atoms with Crippen LogP contribution in [0.25, 0.3) is 11.3 Å². The summed E-state index contributed by atoms with van der Waals surface area (Å²) in [5.41, 5.74) is 6.24.